The molecule has 0 aliphatic heterocycles. The molecule has 1 aromatic heterocycles. The van der Waals surface area contributed by atoms with Crippen molar-refractivity contribution in [3.8, 4) is 11.5 Å². The maximum absolute atomic E-state index is 13.1. The molecule has 1 heterocycles. The normalized spacial score (nSPS) is 11.7. The first-order valence-corrected chi connectivity index (χ1v) is 13.8. The van der Waals surface area contributed by atoms with Crippen LogP contribution in [0.25, 0.3) is 11.5 Å². The summed E-state index contributed by atoms with van der Waals surface area (Å²) in [6.07, 6.45) is 7.52. The van der Waals surface area contributed by atoms with Crippen molar-refractivity contribution in [2.24, 2.45) is 0 Å². The van der Waals surface area contributed by atoms with Crippen molar-refractivity contribution in [1.82, 2.24) is 15.2 Å². The van der Waals surface area contributed by atoms with Gasteiger partial charge in [-0.05, 0) is 35.7 Å². The Morgan fingerprint density at radius 1 is 0.897 bits per heavy atom. The van der Waals surface area contributed by atoms with Crippen molar-refractivity contribution in [2.45, 2.75) is 97.3 Å². The van der Waals surface area contributed by atoms with E-state index in [2.05, 4.69) is 17.1 Å². The molecule has 0 amide bonds. The SMILES string of the molecule is CCCCCCCCCCCc1noc(-c2cccc(CN(Cc3cccc(C(F)(F)F)c3)OC(C)=O)c2)n1. The highest BCUT2D eigenvalue weighted by molar-refractivity contribution is 5.65. The number of alkyl halides is 3. The Morgan fingerprint density at radius 2 is 1.51 bits per heavy atom. The van der Waals surface area contributed by atoms with Crippen LogP contribution >= 0.6 is 0 Å². The molecule has 0 aliphatic carbocycles. The summed E-state index contributed by atoms with van der Waals surface area (Å²) in [4.78, 5) is 21.5. The van der Waals surface area contributed by atoms with Gasteiger partial charge in [-0.1, -0.05) is 93.8 Å². The molecule has 0 atom stereocenters. The topological polar surface area (TPSA) is 68.5 Å². The van der Waals surface area contributed by atoms with Gasteiger partial charge < -0.3 is 9.36 Å². The van der Waals surface area contributed by atoms with Crippen LogP contribution in [0.2, 0.25) is 0 Å². The van der Waals surface area contributed by atoms with Gasteiger partial charge in [-0.25, -0.2) is 0 Å². The Bertz CT molecular complexity index is 1160. The number of nitrogens with zero attached hydrogens (tertiary/aromatic N) is 3. The molecular formula is C30H38F3N3O3. The third-order valence-electron chi connectivity index (χ3n) is 6.38. The number of hydrogen-bond acceptors (Lipinski definition) is 6. The van der Waals surface area contributed by atoms with Crippen molar-refractivity contribution < 1.29 is 27.3 Å². The Labute approximate surface area is 228 Å². The van der Waals surface area contributed by atoms with Gasteiger partial charge in [0.15, 0.2) is 5.82 Å². The lowest BCUT2D eigenvalue weighted by Crippen LogP contribution is -2.25. The number of aromatic nitrogens is 2. The van der Waals surface area contributed by atoms with Crippen LogP contribution in [0.1, 0.15) is 94.1 Å². The molecule has 212 valence electrons. The van der Waals surface area contributed by atoms with Crippen LogP contribution in [-0.4, -0.2) is 21.2 Å². The second-order valence-electron chi connectivity index (χ2n) is 9.87. The predicted octanol–water partition coefficient (Wildman–Crippen LogP) is 8.31. The zero-order valence-electron chi connectivity index (χ0n) is 22.8. The van der Waals surface area contributed by atoms with Gasteiger partial charge in [0.1, 0.15) is 0 Å². The van der Waals surface area contributed by atoms with Crippen LogP contribution < -0.4 is 0 Å². The average Bonchev–Trinajstić information content (AvgIpc) is 3.36. The van der Waals surface area contributed by atoms with E-state index >= 15 is 0 Å². The number of carbonyl (C=O) groups excluding carboxylic acids is 1. The van der Waals surface area contributed by atoms with Crippen LogP contribution in [0.4, 0.5) is 13.2 Å². The first-order valence-electron chi connectivity index (χ1n) is 13.8. The minimum Gasteiger partial charge on any atom is -0.368 e. The summed E-state index contributed by atoms with van der Waals surface area (Å²) in [5.41, 5.74) is 1.12. The number of unbranched alkanes of at least 4 members (excludes halogenated alkanes) is 8. The molecule has 0 bridgehead atoms. The first-order chi connectivity index (χ1) is 18.7. The van der Waals surface area contributed by atoms with E-state index in [1.807, 2.05) is 24.3 Å². The average molecular weight is 546 g/mol. The maximum atomic E-state index is 13.1. The van der Waals surface area contributed by atoms with Gasteiger partial charge in [-0.3, -0.25) is 4.79 Å². The lowest BCUT2D eigenvalue weighted by atomic mass is 10.1. The molecule has 0 saturated heterocycles. The molecule has 6 nitrogen and oxygen atoms in total. The molecule has 3 rings (SSSR count). The minimum absolute atomic E-state index is 0.00280. The Hall–Kier alpha value is -3.20. The molecular weight excluding hydrogens is 507 g/mol. The number of hydroxylamine groups is 2. The zero-order valence-corrected chi connectivity index (χ0v) is 22.8. The summed E-state index contributed by atoms with van der Waals surface area (Å²) < 4.78 is 44.8. The van der Waals surface area contributed by atoms with E-state index in [0.717, 1.165) is 42.5 Å². The fraction of sp³-hybridized carbons (Fsp3) is 0.500. The van der Waals surface area contributed by atoms with Crippen LogP contribution in [0.5, 0.6) is 0 Å². The quantitative estimate of drug-likeness (QED) is 0.133. The molecule has 0 radical (unpaired) electrons. The van der Waals surface area contributed by atoms with E-state index in [0.29, 0.717) is 17.3 Å². The standard InChI is InChI=1S/C30H38F3N3O3/c1-3-4-5-6-7-8-9-10-11-18-28-34-29(38-35-28)26-16-12-14-24(19-26)21-36(39-23(2)37)22-25-15-13-17-27(20-25)30(31,32)33/h12-17,19-20H,3-11,18,21-22H2,1-2H3. The van der Waals surface area contributed by atoms with Gasteiger partial charge in [0.05, 0.1) is 18.7 Å². The molecule has 0 aliphatic rings. The van der Waals surface area contributed by atoms with Gasteiger partial charge in [0.25, 0.3) is 5.89 Å². The van der Waals surface area contributed by atoms with Gasteiger partial charge in [-0.15, -0.1) is 5.06 Å². The predicted molar refractivity (Wildman–Crippen MR) is 143 cm³/mol. The van der Waals surface area contributed by atoms with Crippen LogP contribution in [0.3, 0.4) is 0 Å². The Morgan fingerprint density at radius 3 is 2.15 bits per heavy atom. The van der Waals surface area contributed by atoms with E-state index in [1.165, 1.54) is 63.0 Å². The van der Waals surface area contributed by atoms with E-state index in [9.17, 15) is 18.0 Å². The van der Waals surface area contributed by atoms with E-state index in [1.54, 1.807) is 6.07 Å². The molecule has 3 aromatic rings. The van der Waals surface area contributed by atoms with E-state index in [4.69, 9.17) is 9.36 Å². The summed E-state index contributed by atoms with van der Waals surface area (Å²) in [6, 6.07) is 12.3. The van der Waals surface area contributed by atoms with Crippen LogP contribution in [0, 0.1) is 0 Å². The molecule has 2 aromatic carbocycles. The number of hydrogen-bond donors (Lipinski definition) is 0. The van der Waals surface area contributed by atoms with Gasteiger partial charge >= 0.3 is 12.1 Å². The fourth-order valence-corrected chi connectivity index (χ4v) is 4.42. The lowest BCUT2D eigenvalue weighted by molar-refractivity contribution is -0.194. The summed E-state index contributed by atoms with van der Waals surface area (Å²) in [5.74, 6) is 0.514. The highest BCUT2D eigenvalue weighted by atomic mass is 19.4. The second-order valence-corrected chi connectivity index (χ2v) is 9.87. The van der Waals surface area contributed by atoms with E-state index in [-0.39, 0.29) is 13.1 Å². The van der Waals surface area contributed by atoms with Gasteiger partial charge in [-0.2, -0.15) is 18.2 Å². The third-order valence-corrected chi connectivity index (χ3v) is 6.38. The van der Waals surface area contributed by atoms with E-state index < -0.39 is 17.7 Å². The number of benzene rings is 2. The van der Waals surface area contributed by atoms with Crippen molar-refractivity contribution >= 4 is 5.97 Å². The smallest absolute Gasteiger partial charge is 0.368 e. The van der Waals surface area contributed by atoms with Crippen LogP contribution in [-0.2, 0) is 35.3 Å². The minimum atomic E-state index is -4.45. The number of carbonyl (C=O) groups is 1. The fourth-order valence-electron chi connectivity index (χ4n) is 4.42. The first kappa shape index (κ1) is 30.3. The van der Waals surface area contributed by atoms with Crippen LogP contribution in [0.15, 0.2) is 53.1 Å². The number of halogens is 3. The molecule has 0 fully saturated rings. The van der Waals surface area contributed by atoms with Gasteiger partial charge in [0, 0.05) is 18.9 Å². The number of aryl methyl sites for hydroxylation is 1. The third kappa shape index (κ3) is 10.8. The molecule has 0 unspecified atom stereocenters. The van der Waals surface area contributed by atoms with Gasteiger partial charge in [0.2, 0.25) is 0 Å². The summed E-state index contributed by atoms with van der Waals surface area (Å²) in [5, 5.41) is 5.45. The number of rotatable bonds is 16. The Balaban J connectivity index is 1.55. The van der Waals surface area contributed by atoms with Crippen molar-refractivity contribution in [2.75, 3.05) is 0 Å². The molecule has 39 heavy (non-hydrogen) atoms. The summed E-state index contributed by atoms with van der Waals surface area (Å²) >= 11 is 0. The highest BCUT2D eigenvalue weighted by Gasteiger charge is 2.30. The highest BCUT2D eigenvalue weighted by Crippen LogP contribution is 2.30. The maximum Gasteiger partial charge on any atom is 0.416 e. The Kier molecular flexibility index (Phi) is 12.0. The van der Waals surface area contributed by atoms with Crippen molar-refractivity contribution in [3.05, 3.63) is 71.0 Å². The zero-order chi connectivity index (χ0) is 28.1. The largest absolute Gasteiger partial charge is 0.416 e. The van der Waals surface area contributed by atoms with Crippen molar-refractivity contribution in [3.63, 3.8) is 0 Å². The molecule has 0 spiro atoms. The molecule has 0 N–H and O–H groups in total. The second kappa shape index (κ2) is 15.4. The van der Waals surface area contributed by atoms with Crippen molar-refractivity contribution in [1.29, 1.82) is 0 Å². The monoisotopic (exact) mass is 545 g/mol. The molecule has 0 saturated carbocycles. The summed E-state index contributed by atoms with van der Waals surface area (Å²) in [6.45, 7) is 3.65. The molecule has 9 heteroatoms. The summed E-state index contributed by atoms with van der Waals surface area (Å²) in [7, 11) is 0. The lowest BCUT2D eigenvalue weighted by Gasteiger charge is -2.21.